The SMILES string of the molecule is CC(C)(C)OC(=O)NCC(=O)Nc1csc2ncccc12. The van der Waals surface area contributed by atoms with Crippen molar-refractivity contribution in [2.24, 2.45) is 0 Å². The Morgan fingerprint density at radius 2 is 2.14 bits per heavy atom. The fourth-order valence-corrected chi connectivity index (χ4v) is 2.47. The Bertz CT molecular complexity index is 661. The van der Waals surface area contributed by atoms with Crippen LogP contribution in [-0.4, -0.2) is 29.1 Å². The predicted molar refractivity (Wildman–Crippen MR) is 82.5 cm³/mol. The Kier molecular flexibility index (Phi) is 4.42. The van der Waals surface area contributed by atoms with Crippen LogP contribution < -0.4 is 10.6 Å². The Balaban J connectivity index is 1.89. The van der Waals surface area contributed by atoms with E-state index in [1.807, 2.05) is 17.5 Å². The van der Waals surface area contributed by atoms with Gasteiger partial charge in [-0.25, -0.2) is 9.78 Å². The number of hydrogen-bond donors (Lipinski definition) is 2. The van der Waals surface area contributed by atoms with E-state index in [4.69, 9.17) is 4.74 Å². The molecule has 6 nitrogen and oxygen atoms in total. The van der Waals surface area contributed by atoms with Crippen LogP contribution in [0.3, 0.4) is 0 Å². The summed E-state index contributed by atoms with van der Waals surface area (Å²) in [6.07, 6.45) is 1.09. The molecule has 112 valence electrons. The third-order valence-electron chi connectivity index (χ3n) is 2.42. The van der Waals surface area contributed by atoms with Crippen molar-refractivity contribution in [3.8, 4) is 0 Å². The highest BCUT2D eigenvalue weighted by atomic mass is 32.1. The van der Waals surface area contributed by atoms with Crippen molar-refractivity contribution in [3.63, 3.8) is 0 Å². The van der Waals surface area contributed by atoms with Crippen LogP contribution in [0.25, 0.3) is 10.2 Å². The van der Waals surface area contributed by atoms with Gasteiger partial charge in [0, 0.05) is 17.0 Å². The predicted octanol–water partition coefficient (Wildman–Crippen LogP) is 2.76. The highest BCUT2D eigenvalue weighted by Crippen LogP contribution is 2.27. The van der Waals surface area contributed by atoms with Gasteiger partial charge in [-0.3, -0.25) is 4.79 Å². The lowest BCUT2D eigenvalue weighted by molar-refractivity contribution is -0.115. The number of ether oxygens (including phenoxy) is 1. The highest BCUT2D eigenvalue weighted by molar-refractivity contribution is 7.17. The molecule has 7 heteroatoms. The first-order valence-electron chi connectivity index (χ1n) is 6.44. The van der Waals surface area contributed by atoms with Gasteiger partial charge in [0.15, 0.2) is 0 Å². The molecule has 0 bridgehead atoms. The average molecular weight is 307 g/mol. The number of anilines is 1. The maximum Gasteiger partial charge on any atom is 0.408 e. The molecule has 0 atom stereocenters. The first-order valence-corrected chi connectivity index (χ1v) is 7.32. The molecular weight excluding hydrogens is 290 g/mol. The minimum Gasteiger partial charge on any atom is -0.444 e. The summed E-state index contributed by atoms with van der Waals surface area (Å²) in [7, 11) is 0. The van der Waals surface area contributed by atoms with Gasteiger partial charge in [0.05, 0.1) is 5.69 Å². The van der Waals surface area contributed by atoms with E-state index in [1.165, 1.54) is 11.3 Å². The van der Waals surface area contributed by atoms with E-state index in [9.17, 15) is 9.59 Å². The zero-order valence-electron chi connectivity index (χ0n) is 12.1. The fourth-order valence-electron chi connectivity index (χ4n) is 1.63. The molecule has 2 aromatic rings. The number of alkyl carbamates (subject to hydrolysis) is 1. The number of aromatic nitrogens is 1. The summed E-state index contributed by atoms with van der Waals surface area (Å²) in [5.41, 5.74) is 0.106. The Morgan fingerprint density at radius 3 is 2.86 bits per heavy atom. The summed E-state index contributed by atoms with van der Waals surface area (Å²) >= 11 is 1.45. The maximum absolute atomic E-state index is 11.8. The third-order valence-corrected chi connectivity index (χ3v) is 3.32. The zero-order valence-corrected chi connectivity index (χ0v) is 12.9. The normalized spacial score (nSPS) is 11.2. The molecule has 0 aliphatic rings. The summed E-state index contributed by atoms with van der Waals surface area (Å²) in [6.45, 7) is 5.14. The molecule has 0 aromatic carbocycles. The van der Waals surface area contributed by atoms with Gasteiger partial charge in [0.1, 0.15) is 17.0 Å². The van der Waals surface area contributed by atoms with Crippen LogP contribution in [0.15, 0.2) is 23.7 Å². The summed E-state index contributed by atoms with van der Waals surface area (Å²) in [4.78, 5) is 28.3. The van der Waals surface area contributed by atoms with Gasteiger partial charge in [0.25, 0.3) is 0 Å². The van der Waals surface area contributed by atoms with Crippen LogP contribution in [0.4, 0.5) is 10.5 Å². The number of amides is 2. The number of pyridine rings is 1. The second-order valence-electron chi connectivity index (χ2n) is 5.41. The number of rotatable bonds is 3. The molecule has 0 spiro atoms. The highest BCUT2D eigenvalue weighted by Gasteiger charge is 2.17. The van der Waals surface area contributed by atoms with Crippen molar-refractivity contribution in [3.05, 3.63) is 23.7 Å². The summed E-state index contributed by atoms with van der Waals surface area (Å²) in [5, 5.41) is 7.86. The monoisotopic (exact) mass is 307 g/mol. The third kappa shape index (κ3) is 4.42. The number of carbonyl (C=O) groups excluding carboxylic acids is 2. The van der Waals surface area contributed by atoms with Crippen molar-refractivity contribution in [2.45, 2.75) is 26.4 Å². The lowest BCUT2D eigenvalue weighted by Crippen LogP contribution is -2.37. The molecule has 2 N–H and O–H groups in total. The van der Waals surface area contributed by atoms with E-state index in [2.05, 4.69) is 15.6 Å². The molecule has 0 aliphatic carbocycles. The second-order valence-corrected chi connectivity index (χ2v) is 6.27. The largest absolute Gasteiger partial charge is 0.444 e. The fraction of sp³-hybridized carbons (Fsp3) is 0.357. The molecule has 2 rings (SSSR count). The number of nitrogens with one attached hydrogen (secondary N) is 2. The molecule has 2 heterocycles. The topological polar surface area (TPSA) is 80.3 Å². The summed E-state index contributed by atoms with van der Waals surface area (Å²) in [6, 6.07) is 3.69. The zero-order chi connectivity index (χ0) is 15.5. The average Bonchev–Trinajstić information content (AvgIpc) is 2.78. The summed E-state index contributed by atoms with van der Waals surface area (Å²) < 4.78 is 5.06. The van der Waals surface area contributed by atoms with Crippen LogP contribution in [0.2, 0.25) is 0 Å². The van der Waals surface area contributed by atoms with Crippen LogP contribution in [0, 0.1) is 0 Å². The van der Waals surface area contributed by atoms with Crippen molar-refractivity contribution in [2.75, 3.05) is 11.9 Å². The Labute approximate surface area is 126 Å². The van der Waals surface area contributed by atoms with Gasteiger partial charge in [-0.1, -0.05) is 0 Å². The van der Waals surface area contributed by atoms with Crippen LogP contribution >= 0.6 is 11.3 Å². The quantitative estimate of drug-likeness (QED) is 0.913. The lowest BCUT2D eigenvalue weighted by Gasteiger charge is -2.19. The second kappa shape index (κ2) is 6.09. The molecule has 21 heavy (non-hydrogen) atoms. The van der Waals surface area contributed by atoms with E-state index in [0.717, 1.165) is 10.2 Å². The number of carbonyl (C=O) groups is 2. The molecule has 0 saturated heterocycles. The van der Waals surface area contributed by atoms with Crippen molar-refractivity contribution in [1.82, 2.24) is 10.3 Å². The van der Waals surface area contributed by atoms with Gasteiger partial charge in [0.2, 0.25) is 5.91 Å². The molecular formula is C14H17N3O3S. The van der Waals surface area contributed by atoms with Gasteiger partial charge in [-0.2, -0.15) is 0 Å². The lowest BCUT2D eigenvalue weighted by atomic mass is 10.2. The van der Waals surface area contributed by atoms with Crippen LogP contribution in [-0.2, 0) is 9.53 Å². The smallest absolute Gasteiger partial charge is 0.408 e. The number of hydrogen-bond acceptors (Lipinski definition) is 5. The number of nitrogens with zero attached hydrogens (tertiary/aromatic N) is 1. The molecule has 2 aromatic heterocycles. The van der Waals surface area contributed by atoms with E-state index < -0.39 is 11.7 Å². The number of thiophene rings is 1. The molecule has 0 radical (unpaired) electrons. The van der Waals surface area contributed by atoms with Gasteiger partial charge >= 0.3 is 6.09 Å². The molecule has 0 unspecified atom stereocenters. The first kappa shape index (κ1) is 15.2. The van der Waals surface area contributed by atoms with E-state index in [0.29, 0.717) is 5.69 Å². The molecule has 0 aliphatic heterocycles. The van der Waals surface area contributed by atoms with Crippen LogP contribution in [0.5, 0.6) is 0 Å². The van der Waals surface area contributed by atoms with Gasteiger partial charge in [-0.05, 0) is 32.9 Å². The van der Waals surface area contributed by atoms with E-state index in [1.54, 1.807) is 27.0 Å². The van der Waals surface area contributed by atoms with Crippen LogP contribution in [0.1, 0.15) is 20.8 Å². The first-order chi connectivity index (χ1) is 9.85. The molecule has 0 saturated carbocycles. The maximum atomic E-state index is 11.8. The standard InChI is InChI=1S/C14H17N3O3S/c1-14(2,3)20-13(19)16-7-11(18)17-10-8-21-12-9(10)5-4-6-15-12/h4-6,8H,7H2,1-3H3,(H,16,19)(H,17,18). The number of fused-ring (bicyclic) bond motifs is 1. The Hall–Kier alpha value is -2.15. The minimum absolute atomic E-state index is 0.146. The molecule has 0 fully saturated rings. The van der Waals surface area contributed by atoms with E-state index in [-0.39, 0.29) is 12.5 Å². The molecule has 2 amide bonds. The van der Waals surface area contributed by atoms with E-state index >= 15 is 0 Å². The summed E-state index contributed by atoms with van der Waals surface area (Å²) in [5.74, 6) is -0.315. The Morgan fingerprint density at radius 1 is 1.38 bits per heavy atom. The van der Waals surface area contributed by atoms with Crippen molar-refractivity contribution in [1.29, 1.82) is 0 Å². The minimum atomic E-state index is -0.616. The van der Waals surface area contributed by atoms with Crippen molar-refractivity contribution < 1.29 is 14.3 Å². The van der Waals surface area contributed by atoms with Gasteiger partial charge < -0.3 is 15.4 Å². The van der Waals surface area contributed by atoms with Crippen molar-refractivity contribution >= 4 is 39.2 Å². The van der Waals surface area contributed by atoms with Gasteiger partial charge in [-0.15, -0.1) is 11.3 Å².